The molecule has 0 fully saturated rings. The number of hydrogen-bond donors (Lipinski definition) is 2. The van der Waals surface area contributed by atoms with Gasteiger partial charge in [0.1, 0.15) is 11.5 Å². The van der Waals surface area contributed by atoms with Crippen molar-refractivity contribution in [2.45, 2.75) is 13.8 Å². The molecule has 4 nitrogen and oxygen atoms in total. The number of aryl methyl sites for hydroxylation is 1. The normalized spacial score (nSPS) is 10.4. The van der Waals surface area contributed by atoms with Gasteiger partial charge in [0.05, 0.1) is 6.20 Å². The molecule has 4 heteroatoms. The summed E-state index contributed by atoms with van der Waals surface area (Å²) in [6.45, 7) is 5.03. The van der Waals surface area contributed by atoms with E-state index in [9.17, 15) is 0 Å². The quantitative estimate of drug-likeness (QED) is 0.828. The molecule has 1 heterocycles. The molecular formula is C12H16N4. The number of nitrogen functional groups attached to an aromatic ring is 1. The number of hydrogen-bond acceptors (Lipinski definition) is 3. The highest BCUT2D eigenvalue weighted by molar-refractivity contribution is 5.71. The zero-order chi connectivity index (χ0) is 11.5. The summed E-state index contributed by atoms with van der Waals surface area (Å²) in [5, 5.41) is 6.70. The van der Waals surface area contributed by atoms with Gasteiger partial charge in [-0.2, -0.15) is 5.10 Å². The average Bonchev–Trinajstić information content (AvgIpc) is 2.67. The van der Waals surface area contributed by atoms with E-state index in [1.165, 1.54) is 5.56 Å². The minimum absolute atomic E-state index is 0.600. The highest BCUT2D eigenvalue weighted by Gasteiger charge is 2.11. The lowest BCUT2D eigenvalue weighted by Crippen LogP contribution is -2.16. The third kappa shape index (κ3) is 1.86. The standard InChI is InChI=1S/C12H16N4/c1-3-16(11-8-14-15-12(11)13)10-6-4-5-9(2)7-10/h4-8H,3H2,1-2H3,(H3,13,14,15). The van der Waals surface area contributed by atoms with Gasteiger partial charge >= 0.3 is 0 Å². The van der Waals surface area contributed by atoms with E-state index < -0.39 is 0 Å². The zero-order valence-corrected chi connectivity index (χ0v) is 9.57. The molecule has 0 aliphatic heterocycles. The van der Waals surface area contributed by atoms with Gasteiger partial charge in [-0.1, -0.05) is 12.1 Å². The van der Waals surface area contributed by atoms with Crippen LogP contribution in [0.15, 0.2) is 30.5 Å². The molecule has 0 bridgehead atoms. The predicted molar refractivity (Wildman–Crippen MR) is 66.9 cm³/mol. The molecule has 0 unspecified atom stereocenters. The first-order chi connectivity index (χ1) is 7.72. The summed E-state index contributed by atoms with van der Waals surface area (Å²) in [5.74, 6) is 0.600. The number of nitrogens with two attached hydrogens (primary N) is 1. The molecular weight excluding hydrogens is 200 g/mol. The third-order valence-corrected chi connectivity index (χ3v) is 2.57. The number of anilines is 3. The summed E-state index contributed by atoms with van der Waals surface area (Å²) in [7, 11) is 0. The molecule has 0 saturated carbocycles. The van der Waals surface area contributed by atoms with E-state index in [4.69, 9.17) is 5.73 Å². The molecule has 2 rings (SSSR count). The maximum atomic E-state index is 5.83. The van der Waals surface area contributed by atoms with Gasteiger partial charge in [-0.05, 0) is 31.5 Å². The van der Waals surface area contributed by atoms with Crippen LogP contribution in [0.2, 0.25) is 0 Å². The van der Waals surface area contributed by atoms with Crippen molar-refractivity contribution in [1.29, 1.82) is 0 Å². The number of aromatic nitrogens is 2. The van der Waals surface area contributed by atoms with Crippen LogP contribution in [0.3, 0.4) is 0 Å². The zero-order valence-electron chi connectivity index (χ0n) is 9.57. The molecule has 84 valence electrons. The van der Waals surface area contributed by atoms with E-state index in [0.29, 0.717) is 5.82 Å². The van der Waals surface area contributed by atoms with Crippen molar-refractivity contribution < 1.29 is 0 Å². The monoisotopic (exact) mass is 216 g/mol. The van der Waals surface area contributed by atoms with Crippen molar-refractivity contribution in [3.63, 3.8) is 0 Å². The molecule has 0 saturated heterocycles. The Hall–Kier alpha value is -1.97. The van der Waals surface area contributed by atoms with E-state index in [0.717, 1.165) is 17.9 Å². The van der Waals surface area contributed by atoms with Crippen LogP contribution in [0.4, 0.5) is 17.2 Å². The van der Waals surface area contributed by atoms with Crippen LogP contribution >= 0.6 is 0 Å². The van der Waals surface area contributed by atoms with E-state index in [1.807, 2.05) is 6.07 Å². The molecule has 16 heavy (non-hydrogen) atoms. The van der Waals surface area contributed by atoms with Gasteiger partial charge in [-0.15, -0.1) is 0 Å². The first-order valence-electron chi connectivity index (χ1n) is 5.35. The Balaban J connectivity index is 2.40. The van der Waals surface area contributed by atoms with Crippen molar-refractivity contribution in [3.8, 4) is 0 Å². The maximum absolute atomic E-state index is 5.83. The molecule has 3 N–H and O–H groups in total. The summed E-state index contributed by atoms with van der Waals surface area (Å²) in [5.41, 5.74) is 9.13. The first-order valence-corrected chi connectivity index (χ1v) is 5.35. The molecule has 1 aromatic heterocycles. The Morgan fingerprint density at radius 1 is 1.44 bits per heavy atom. The van der Waals surface area contributed by atoms with Crippen LogP contribution in [0.1, 0.15) is 12.5 Å². The van der Waals surface area contributed by atoms with Crippen LogP contribution in [-0.4, -0.2) is 16.7 Å². The van der Waals surface area contributed by atoms with Gasteiger partial charge in [-0.3, -0.25) is 5.10 Å². The fourth-order valence-electron chi connectivity index (χ4n) is 1.79. The molecule has 0 aliphatic rings. The first kappa shape index (κ1) is 10.5. The van der Waals surface area contributed by atoms with Gasteiger partial charge in [0.2, 0.25) is 0 Å². The van der Waals surface area contributed by atoms with Crippen LogP contribution in [-0.2, 0) is 0 Å². The molecule has 1 aromatic carbocycles. The Labute approximate surface area is 95.1 Å². The third-order valence-electron chi connectivity index (χ3n) is 2.57. The van der Waals surface area contributed by atoms with E-state index in [-0.39, 0.29) is 0 Å². The average molecular weight is 216 g/mol. The summed E-state index contributed by atoms with van der Waals surface area (Å²) in [6.07, 6.45) is 1.75. The fourth-order valence-corrected chi connectivity index (χ4v) is 1.79. The van der Waals surface area contributed by atoms with Gasteiger partial charge in [0.25, 0.3) is 0 Å². The SMILES string of the molecule is CCN(c1cccc(C)c1)c1cn[nH]c1N. The lowest BCUT2D eigenvalue weighted by atomic mass is 10.2. The molecule has 0 aliphatic carbocycles. The summed E-state index contributed by atoms with van der Waals surface area (Å²) in [6, 6.07) is 8.33. The van der Waals surface area contributed by atoms with Crippen molar-refractivity contribution >= 4 is 17.2 Å². The largest absolute Gasteiger partial charge is 0.382 e. The topological polar surface area (TPSA) is 57.9 Å². The van der Waals surface area contributed by atoms with Gasteiger partial charge in [-0.25, -0.2) is 0 Å². The minimum Gasteiger partial charge on any atom is -0.382 e. The molecule has 0 amide bonds. The molecule has 0 atom stereocenters. The highest BCUT2D eigenvalue weighted by Crippen LogP contribution is 2.28. The Morgan fingerprint density at radius 3 is 2.81 bits per heavy atom. The van der Waals surface area contributed by atoms with Crippen LogP contribution in [0.25, 0.3) is 0 Å². The fraction of sp³-hybridized carbons (Fsp3) is 0.250. The number of H-pyrrole nitrogens is 1. The summed E-state index contributed by atoms with van der Waals surface area (Å²) >= 11 is 0. The Morgan fingerprint density at radius 2 is 2.25 bits per heavy atom. The number of aromatic amines is 1. The Bertz CT molecular complexity index is 475. The van der Waals surface area contributed by atoms with Crippen molar-refractivity contribution in [3.05, 3.63) is 36.0 Å². The van der Waals surface area contributed by atoms with E-state index in [1.54, 1.807) is 6.20 Å². The number of nitrogens with one attached hydrogen (secondary N) is 1. The molecule has 2 aromatic rings. The minimum atomic E-state index is 0.600. The smallest absolute Gasteiger partial charge is 0.143 e. The van der Waals surface area contributed by atoms with Gasteiger partial charge < -0.3 is 10.6 Å². The maximum Gasteiger partial charge on any atom is 0.143 e. The van der Waals surface area contributed by atoms with E-state index in [2.05, 4.69) is 47.1 Å². The van der Waals surface area contributed by atoms with Crippen LogP contribution < -0.4 is 10.6 Å². The number of benzene rings is 1. The van der Waals surface area contributed by atoms with Crippen LogP contribution in [0.5, 0.6) is 0 Å². The second-order valence-corrected chi connectivity index (χ2v) is 3.75. The lowest BCUT2D eigenvalue weighted by molar-refractivity contribution is 1.02. The van der Waals surface area contributed by atoms with Crippen molar-refractivity contribution in [2.24, 2.45) is 0 Å². The Kier molecular flexibility index (Phi) is 2.81. The molecule has 0 radical (unpaired) electrons. The number of nitrogens with zero attached hydrogens (tertiary/aromatic N) is 2. The highest BCUT2D eigenvalue weighted by atomic mass is 15.2. The predicted octanol–water partition coefficient (Wildman–Crippen LogP) is 2.46. The van der Waals surface area contributed by atoms with Crippen molar-refractivity contribution in [2.75, 3.05) is 17.2 Å². The summed E-state index contributed by atoms with van der Waals surface area (Å²) < 4.78 is 0. The van der Waals surface area contributed by atoms with Crippen molar-refractivity contribution in [1.82, 2.24) is 10.2 Å². The second-order valence-electron chi connectivity index (χ2n) is 3.75. The second kappa shape index (κ2) is 4.26. The molecule has 0 spiro atoms. The van der Waals surface area contributed by atoms with Crippen LogP contribution in [0, 0.1) is 6.92 Å². The summed E-state index contributed by atoms with van der Waals surface area (Å²) in [4.78, 5) is 2.13. The van der Waals surface area contributed by atoms with Gasteiger partial charge in [0.15, 0.2) is 0 Å². The number of rotatable bonds is 3. The van der Waals surface area contributed by atoms with E-state index >= 15 is 0 Å². The van der Waals surface area contributed by atoms with Gasteiger partial charge in [0, 0.05) is 12.2 Å². The lowest BCUT2D eigenvalue weighted by Gasteiger charge is -2.22.